The van der Waals surface area contributed by atoms with E-state index in [9.17, 15) is 0 Å². The van der Waals surface area contributed by atoms with Crippen LogP contribution in [0.15, 0.2) is 145 Å². The molecule has 1 aliphatic carbocycles. The van der Waals surface area contributed by atoms with Crippen LogP contribution >= 0.6 is 0 Å². The Kier molecular flexibility index (Phi) is 5.18. The van der Waals surface area contributed by atoms with E-state index in [1.54, 1.807) is 0 Å². The molecule has 0 amide bonds. The van der Waals surface area contributed by atoms with Crippen LogP contribution in [0.1, 0.15) is 35.1 Å². The van der Waals surface area contributed by atoms with Crippen LogP contribution in [-0.4, -0.2) is 0 Å². The molecular weight excluding hydrogens is 510 g/mol. The van der Waals surface area contributed by atoms with E-state index in [1.165, 1.54) is 60.6 Å². The van der Waals surface area contributed by atoms with Crippen LogP contribution in [0.4, 0.5) is 5.69 Å². The van der Waals surface area contributed by atoms with Crippen molar-refractivity contribution < 1.29 is 4.74 Å². The quantitative estimate of drug-likeness (QED) is 0.242. The summed E-state index contributed by atoms with van der Waals surface area (Å²) in [6, 6.07) is 46.5. The molecule has 0 aromatic heterocycles. The van der Waals surface area contributed by atoms with E-state index in [1.807, 2.05) is 0 Å². The number of rotatable bonds is 3. The maximum Gasteiger partial charge on any atom is 0.132 e. The van der Waals surface area contributed by atoms with E-state index >= 15 is 0 Å². The van der Waals surface area contributed by atoms with E-state index in [4.69, 9.17) is 4.74 Å². The predicted octanol–water partition coefficient (Wildman–Crippen LogP) is 10.3. The predicted molar refractivity (Wildman–Crippen MR) is 174 cm³/mol. The SMILES string of the molecule is C1=CC(c2ccc3cc(-c4ccc5ccccc5c4)ccc3c2)=C2Oc3cccc4c3C(C2C1)C(c1ccccc1)N4. The van der Waals surface area contributed by atoms with Crippen LogP contribution in [0.3, 0.4) is 0 Å². The molecular formula is C40H29NO. The van der Waals surface area contributed by atoms with Crippen molar-refractivity contribution in [3.8, 4) is 16.9 Å². The Balaban J connectivity index is 1.12. The van der Waals surface area contributed by atoms with Gasteiger partial charge in [-0.05, 0) is 80.6 Å². The molecule has 0 saturated heterocycles. The second-order valence-corrected chi connectivity index (χ2v) is 11.7. The van der Waals surface area contributed by atoms with Gasteiger partial charge >= 0.3 is 0 Å². The molecule has 3 aliphatic rings. The lowest BCUT2D eigenvalue weighted by molar-refractivity contribution is 0.272. The number of allylic oxidation sites excluding steroid dienone is 4. The Morgan fingerprint density at radius 1 is 0.595 bits per heavy atom. The van der Waals surface area contributed by atoms with Crippen molar-refractivity contribution >= 4 is 32.8 Å². The van der Waals surface area contributed by atoms with Gasteiger partial charge in [0.25, 0.3) is 0 Å². The summed E-state index contributed by atoms with van der Waals surface area (Å²) in [7, 11) is 0. The van der Waals surface area contributed by atoms with Crippen molar-refractivity contribution in [2.24, 2.45) is 5.92 Å². The van der Waals surface area contributed by atoms with Crippen molar-refractivity contribution in [2.75, 3.05) is 5.32 Å². The molecule has 0 spiro atoms. The molecule has 200 valence electrons. The van der Waals surface area contributed by atoms with Gasteiger partial charge in [0.1, 0.15) is 11.5 Å². The van der Waals surface area contributed by atoms with Gasteiger partial charge < -0.3 is 10.1 Å². The van der Waals surface area contributed by atoms with Gasteiger partial charge in [-0.3, -0.25) is 0 Å². The second-order valence-electron chi connectivity index (χ2n) is 11.7. The molecule has 0 bridgehead atoms. The minimum Gasteiger partial charge on any atom is -0.460 e. The largest absolute Gasteiger partial charge is 0.460 e. The van der Waals surface area contributed by atoms with Crippen molar-refractivity contribution in [1.29, 1.82) is 0 Å². The number of hydrogen-bond donors (Lipinski definition) is 1. The summed E-state index contributed by atoms with van der Waals surface area (Å²) >= 11 is 0. The van der Waals surface area contributed by atoms with Crippen LogP contribution < -0.4 is 10.1 Å². The van der Waals surface area contributed by atoms with E-state index in [-0.39, 0.29) is 12.0 Å². The van der Waals surface area contributed by atoms with Gasteiger partial charge in [0.05, 0.1) is 6.04 Å². The molecule has 2 nitrogen and oxygen atoms in total. The number of anilines is 1. The molecule has 9 rings (SSSR count). The number of ether oxygens (including phenoxy) is 1. The zero-order chi connectivity index (χ0) is 27.6. The molecule has 6 aromatic rings. The molecule has 2 heterocycles. The Bertz CT molecular complexity index is 2090. The molecule has 3 unspecified atom stereocenters. The maximum atomic E-state index is 6.79. The van der Waals surface area contributed by atoms with E-state index in [2.05, 4.69) is 145 Å². The van der Waals surface area contributed by atoms with Crippen LogP contribution in [0, 0.1) is 5.92 Å². The zero-order valence-corrected chi connectivity index (χ0v) is 23.1. The molecule has 0 saturated carbocycles. The molecule has 2 aliphatic heterocycles. The molecule has 0 radical (unpaired) electrons. The summed E-state index contributed by atoms with van der Waals surface area (Å²) in [6.07, 6.45) is 5.59. The first-order valence-electron chi connectivity index (χ1n) is 14.9. The third kappa shape index (κ3) is 3.65. The number of benzene rings is 6. The fourth-order valence-corrected chi connectivity index (χ4v) is 7.39. The lowest BCUT2D eigenvalue weighted by Crippen LogP contribution is -2.28. The van der Waals surface area contributed by atoms with Crippen LogP contribution in [0.5, 0.6) is 5.75 Å². The molecule has 3 atom stereocenters. The van der Waals surface area contributed by atoms with Gasteiger partial charge in [-0.25, -0.2) is 0 Å². The smallest absolute Gasteiger partial charge is 0.132 e. The summed E-state index contributed by atoms with van der Waals surface area (Å²) in [5.41, 5.74) is 8.75. The van der Waals surface area contributed by atoms with Gasteiger partial charge in [0, 0.05) is 28.7 Å². The summed E-state index contributed by atoms with van der Waals surface area (Å²) in [5, 5.41) is 8.87. The van der Waals surface area contributed by atoms with Gasteiger partial charge in [0.2, 0.25) is 0 Å². The normalized spacial score (nSPS) is 20.2. The van der Waals surface area contributed by atoms with Gasteiger partial charge in [-0.1, -0.05) is 109 Å². The minimum absolute atomic E-state index is 0.226. The van der Waals surface area contributed by atoms with Crippen molar-refractivity contribution in [2.45, 2.75) is 18.4 Å². The Hall–Kier alpha value is -5.08. The average Bonchev–Trinajstić information content (AvgIpc) is 3.45. The van der Waals surface area contributed by atoms with Crippen molar-refractivity contribution in [3.63, 3.8) is 0 Å². The lowest BCUT2D eigenvalue weighted by atomic mass is 9.73. The topological polar surface area (TPSA) is 21.3 Å². The van der Waals surface area contributed by atoms with Crippen LogP contribution in [-0.2, 0) is 0 Å². The third-order valence-electron chi connectivity index (χ3n) is 9.39. The minimum atomic E-state index is 0.226. The van der Waals surface area contributed by atoms with Crippen molar-refractivity contribution in [3.05, 3.63) is 162 Å². The fraction of sp³-hybridized carbons (Fsp3) is 0.100. The van der Waals surface area contributed by atoms with Crippen LogP contribution in [0.25, 0.3) is 38.2 Å². The molecule has 6 aromatic carbocycles. The Morgan fingerprint density at radius 2 is 1.26 bits per heavy atom. The summed E-state index contributed by atoms with van der Waals surface area (Å²) in [6.45, 7) is 0. The monoisotopic (exact) mass is 539 g/mol. The molecule has 1 N–H and O–H groups in total. The van der Waals surface area contributed by atoms with E-state index in [0.717, 1.165) is 17.9 Å². The number of fused-ring (bicyclic) bond motifs is 4. The number of nitrogens with one attached hydrogen (secondary N) is 1. The number of hydrogen-bond acceptors (Lipinski definition) is 2. The Labute approximate surface area is 245 Å². The first kappa shape index (κ1) is 23.6. The maximum absolute atomic E-state index is 6.79. The van der Waals surface area contributed by atoms with Gasteiger partial charge in [0.15, 0.2) is 0 Å². The highest BCUT2D eigenvalue weighted by Gasteiger charge is 2.46. The highest BCUT2D eigenvalue weighted by molar-refractivity contribution is 5.93. The van der Waals surface area contributed by atoms with Crippen molar-refractivity contribution in [1.82, 2.24) is 0 Å². The third-order valence-corrected chi connectivity index (χ3v) is 9.39. The summed E-state index contributed by atoms with van der Waals surface area (Å²) in [5.74, 6) is 2.70. The first-order valence-corrected chi connectivity index (χ1v) is 14.9. The van der Waals surface area contributed by atoms with Crippen LogP contribution in [0.2, 0.25) is 0 Å². The van der Waals surface area contributed by atoms with E-state index in [0.29, 0.717) is 5.92 Å². The highest BCUT2D eigenvalue weighted by atomic mass is 16.5. The fourth-order valence-electron chi connectivity index (χ4n) is 7.39. The standard InChI is InChI=1S/C40H29NO/c1-2-9-26(10-3-1)39-37-34-13-6-12-33(40(34)42-36-15-7-14-35(41-39)38(36)37)32-21-20-30-23-29(18-19-31(30)24-32)28-17-16-25-8-4-5-11-27(25)22-28/h1-12,14-24,34,37,39,41H,13H2. The highest BCUT2D eigenvalue weighted by Crippen LogP contribution is 2.58. The summed E-state index contributed by atoms with van der Waals surface area (Å²) in [4.78, 5) is 0. The lowest BCUT2D eigenvalue weighted by Gasteiger charge is -2.37. The van der Waals surface area contributed by atoms with Gasteiger partial charge in [-0.15, -0.1) is 0 Å². The Morgan fingerprint density at radius 3 is 2.07 bits per heavy atom. The molecule has 0 fully saturated rings. The average molecular weight is 540 g/mol. The molecule has 42 heavy (non-hydrogen) atoms. The van der Waals surface area contributed by atoms with Gasteiger partial charge in [-0.2, -0.15) is 0 Å². The molecule has 2 heteroatoms. The first-order chi connectivity index (χ1) is 20.8. The second kappa shape index (κ2) is 9.22. The van der Waals surface area contributed by atoms with E-state index < -0.39 is 0 Å². The zero-order valence-electron chi connectivity index (χ0n) is 23.1. The summed E-state index contributed by atoms with van der Waals surface area (Å²) < 4.78 is 6.79.